The van der Waals surface area contributed by atoms with E-state index in [0.717, 1.165) is 10.6 Å². The van der Waals surface area contributed by atoms with E-state index in [0.29, 0.717) is 5.92 Å². The second-order valence-electron chi connectivity index (χ2n) is 4.44. The van der Waals surface area contributed by atoms with Gasteiger partial charge < -0.3 is 4.57 Å². The minimum Gasteiger partial charge on any atom is -0.317 e. The maximum atomic E-state index is 12.6. The van der Waals surface area contributed by atoms with E-state index in [2.05, 4.69) is 19.9 Å². The first kappa shape index (κ1) is 12.1. The predicted octanol–water partition coefficient (Wildman–Crippen LogP) is 3.32. The van der Waals surface area contributed by atoms with Crippen LogP contribution in [0, 0.1) is 0 Å². The van der Waals surface area contributed by atoms with Crippen LogP contribution in [0.2, 0.25) is 0 Å². The predicted molar refractivity (Wildman–Crippen MR) is 75.2 cm³/mol. The average Bonchev–Trinajstić information content (AvgIpc) is 2.39. The van der Waals surface area contributed by atoms with Gasteiger partial charge in [-0.3, -0.25) is 0 Å². The zero-order valence-electron chi connectivity index (χ0n) is 10.2. The van der Waals surface area contributed by atoms with Gasteiger partial charge in [-0.1, -0.05) is 68.4 Å². The summed E-state index contributed by atoms with van der Waals surface area (Å²) in [7, 11) is -1.87. The molecule has 1 unspecified atom stereocenters. The van der Waals surface area contributed by atoms with Gasteiger partial charge in [-0.2, -0.15) is 0 Å². The Morgan fingerprint density at radius 1 is 0.882 bits per heavy atom. The van der Waals surface area contributed by atoms with Crippen LogP contribution in [0.1, 0.15) is 25.3 Å². The SMILES string of the molecule is CC(C)c1ccccc1[PH](=O)c1ccccc1. The quantitative estimate of drug-likeness (QED) is 0.757. The molecule has 0 amide bonds. The Balaban J connectivity index is 2.45. The lowest BCUT2D eigenvalue weighted by Crippen LogP contribution is -2.12. The van der Waals surface area contributed by atoms with Gasteiger partial charge in [0.15, 0.2) is 0 Å². The highest BCUT2D eigenvalue weighted by molar-refractivity contribution is 7.61. The van der Waals surface area contributed by atoms with Crippen LogP contribution in [0.3, 0.4) is 0 Å². The minimum atomic E-state index is -1.87. The summed E-state index contributed by atoms with van der Waals surface area (Å²) in [6, 6.07) is 17.8. The fourth-order valence-electron chi connectivity index (χ4n) is 1.95. The van der Waals surface area contributed by atoms with E-state index in [1.54, 1.807) is 0 Å². The lowest BCUT2D eigenvalue weighted by Gasteiger charge is -2.12. The summed E-state index contributed by atoms with van der Waals surface area (Å²) < 4.78 is 12.6. The van der Waals surface area contributed by atoms with Gasteiger partial charge in [0.05, 0.1) is 0 Å². The van der Waals surface area contributed by atoms with Crippen LogP contribution in [-0.2, 0) is 4.57 Å². The molecule has 0 saturated carbocycles. The Hall–Kier alpha value is -1.33. The molecule has 17 heavy (non-hydrogen) atoms. The lowest BCUT2D eigenvalue weighted by atomic mass is 10.0. The molecule has 1 nitrogen and oxygen atoms in total. The Morgan fingerprint density at radius 3 is 2.12 bits per heavy atom. The third-order valence-electron chi connectivity index (χ3n) is 2.86. The van der Waals surface area contributed by atoms with Gasteiger partial charge in [0.2, 0.25) is 0 Å². The first-order valence-electron chi connectivity index (χ1n) is 5.89. The van der Waals surface area contributed by atoms with Crippen LogP contribution in [0.4, 0.5) is 0 Å². The van der Waals surface area contributed by atoms with Crippen molar-refractivity contribution in [2.24, 2.45) is 0 Å². The molecule has 2 aromatic carbocycles. The van der Waals surface area contributed by atoms with E-state index in [4.69, 9.17) is 0 Å². The molecule has 0 fully saturated rings. The van der Waals surface area contributed by atoms with E-state index in [1.807, 2.05) is 48.5 Å². The fraction of sp³-hybridized carbons (Fsp3) is 0.200. The van der Waals surface area contributed by atoms with Crippen molar-refractivity contribution in [3.63, 3.8) is 0 Å². The molecule has 0 aromatic heterocycles. The van der Waals surface area contributed by atoms with Crippen LogP contribution in [0.5, 0.6) is 0 Å². The number of benzene rings is 2. The lowest BCUT2D eigenvalue weighted by molar-refractivity contribution is 0.598. The van der Waals surface area contributed by atoms with Gasteiger partial charge in [-0.05, 0) is 11.5 Å². The fourth-order valence-corrected chi connectivity index (χ4v) is 3.64. The van der Waals surface area contributed by atoms with Gasteiger partial charge in [0.25, 0.3) is 0 Å². The zero-order valence-corrected chi connectivity index (χ0v) is 11.2. The van der Waals surface area contributed by atoms with E-state index in [9.17, 15) is 4.57 Å². The first-order chi connectivity index (χ1) is 8.20. The third-order valence-corrected chi connectivity index (χ3v) is 4.67. The van der Waals surface area contributed by atoms with Crippen molar-refractivity contribution in [2.75, 3.05) is 0 Å². The molecule has 2 rings (SSSR count). The third kappa shape index (κ3) is 2.68. The molecule has 0 bridgehead atoms. The standard InChI is InChI=1S/C15H17OP/c1-12(2)14-10-6-7-11-15(14)17(16)13-8-4-3-5-9-13/h3-12,17H,1-2H3. The molecule has 88 valence electrons. The summed E-state index contributed by atoms with van der Waals surface area (Å²) in [5.74, 6) is 0.406. The van der Waals surface area contributed by atoms with Crippen molar-refractivity contribution >= 4 is 18.4 Å². The molecule has 0 spiro atoms. The molecular weight excluding hydrogens is 227 g/mol. The molecule has 0 aliphatic carbocycles. The molecule has 0 radical (unpaired) electrons. The highest BCUT2D eigenvalue weighted by Gasteiger charge is 2.12. The highest BCUT2D eigenvalue weighted by atomic mass is 31.1. The second-order valence-corrected chi connectivity index (χ2v) is 6.21. The molecule has 0 aliphatic rings. The molecular formula is C15H17OP. The van der Waals surface area contributed by atoms with E-state index in [-0.39, 0.29) is 0 Å². The largest absolute Gasteiger partial charge is 0.317 e. The molecule has 2 aromatic rings. The maximum absolute atomic E-state index is 12.6. The van der Waals surface area contributed by atoms with Crippen LogP contribution in [-0.4, -0.2) is 0 Å². The van der Waals surface area contributed by atoms with Crippen LogP contribution in [0.15, 0.2) is 54.6 Å². The van der Waals surface area contributed by atoms with Crippen molar-refractivity contribution in [1.29, 1.82) is 0 Å². The zero-order chi connectivity index (χ0) is 12.3. The highest BCUT2D eigenvalue weighted by Crippen LogP contribution is 2.25. The molecule has 0 N–H and O–H groups in total. The monoisotopic (exact) mass is 244 g/mol. The Labute approximate surface area is 103 Å². The smallest absolute Gasteiger partial charge is 0.132 e. The summed E-state index contributed by atoms with van der Waals surface area (Å²) >= 11 is 0. The summed E-state index contributed by atoms with van der Waals surface area (Å²) in [5.41, 5.74) is 1.19. The summed E-state index contributed by atoms with van der Waals surface area (Å²) in [6.07, 6.45) is 0. The minimum absolute atomic E-state index is 0.406. The first-order valence-corrected chi connectivity index (χ1v) is 7.29. The van der Waals surface area contributed by atoms with E-state index < -0.39 is 7.80 Å². The van der Waals surface area contributed by atoms with Crippen LogP contribution >= 0.6 is 7.80 Å². The van der Waals surface area contributed by atoms with Crippen molar-refractivity contribution in [1.82, 2.24) is 0 Å². The number of hydrogen-bond acceptors (Lipinski definition) is 1. The van der Waals surface area contributed by atoms with Crippen molar-refractivity contribution in [2.45, 2.75) is 19.8 Å². The van der Waals surface area contributed by atoms with Crippen molar-refractivity contribution < 1.29 is 4.57 Å². The van der Waals surface area contributed by atoms with Crippen molar-refractivity contribution in [3.8, 4) is 0 Å². The summed E-state index contributed by atoms with van der Waals surface area (Å²) in [6.45, 7) is 4.28. The Kier molecular flexibility index (Phi) is 3.81. The normalized spacial score (nSPS) is 12.6. The molecule has 0 aliphatic heterocycles. The number of hydrogen-bond donors (Lipinski definition) is 0. The van der Waals surface area contributed by atoms with E-state index >= 15 is 0 Å². The van der Waals surface area contributed by atoms with Crippen molar-refractivity contribution in [3.05, 3.63) is 60.2 Å². The molecule has 0 heterocycles. The van der Waals surface area contributed by atoms with Gasteiger partial charge in [-0.15, -0.1) is 0 Å². The molecule has 0 saturated heterocycles. The second kappa shape index (κ2) is 5.33. The van der Waals surface area contributed by atoms with Gasteiger partial charge in [-0.25, -0.2) is 0 Å². The molecule has 1 atom stereocenters. The van der Waals surface area contributed by atoms with Crippen LogP contribution < -0.4 is 10.6 Å². The van der Waals surface area contributed by atoms with Crippen LogP contribution in [0.25, 0.3) is 0 Å². The van der Waals surface area contributed by atoms with Gasteiger partial charge in [0, 0.05) is 10.6 Å². The summed E-state index contributed by atoms with van der Waals surface area (Å²) in [5, 5.41) is 1.93. The molecule has 2 heteroatoms. The topological polar surface area (TPSA) is 17.1 Å². The van der Waals surface area contributed by atoms with Gasteiger partial charge in [0.1, 0.15) is 7.80 Å². The Bertz CT molecular complexity index is 517. The summed E-state index contributed by atoms with van der Waals surface area (Å²) in [4.78, 5) is 0. The maximum Gasteiger partial charge on any atom is 0.132 e. The van der Waals surface area contributed by atoms with Gasteiger partial charge >= 0.3 is 0 Å². The average molecular weight is 244 g/mol. The Morgan fingerprint density at radius 2 is 1.47 bits per heavy atom. The number of rotatable bonds is 3. The van der Waals surface area contributed by atoms with E-state index in [1.165, 1.54) is 5.56 Å².